The van der Waals surface area contributed by atoms with Crippen molar-refractivity contribution in [3.05, 3.63) is 23.3 Å². The SMILES string of the molecule is CCOP1(=O)Nc2cc(C(C)(C)C)cc(C(C)(C)C)c2O1. The van der Waals surface area contributed by atoms with Crippen LogP contribution in [0.1, 0.15) is 59.6 Å². The molecule has 0 saturated heterocycles. The van der Waals surface area contributed by atoms with Crippen molar-refractivity contribution in [2.45, 2.75) is 59.3 Å². The molecule has 118 valence electrons. The number of hydrogen-bond donors (Lipinski definition) is 1. The van der Waals surface area contributed by atoms with Crippen molar-refractivity contribution in [3.63, 3.8) is 0 Å². The zero-order valence-corrected chi connectivity index (χ0v) is 14.9. The fourth-order valence-electron chi connectivity index (χ4n) is 2.32. The van der Waals surface area contributed by atoms with E-state index >= 15 is 0 Å². The number of fused-ring (bicyclic) bond motifs is 1. The maximum Gasteiger partial charge on any atom is 0.486 e. The molecule has 1 aliphatic rings. The highest BCUT2D eigenvalue weighted by Crippen LogP contribution is 2.59. The number of nitrogens with one attached hydrogen (secondary N) is 1. The summed E-state index contributed by atoms with van der Waals surface area (Å²) >= 11 is 0. The van der Waals surface area contributed by atoms with Gasteiger partial charge in [-0.1, -0.05) is 47.6 Å². The summed E-state index contributed by atoms with van der Waals surface area (Å²) in [6.07, 6.45) is 0. The van der Waals surface area contributed by atoms with Crippen molar-refractivity contribution in [2.24, 2.45) is 0 Å². The lowest BCUT2D eigenvalue weighted by Crippen LogP contribution is -2.16. The lowest BCUT2D eigenvalue weighted by atomic mass is 9.80. The van der Waals surface area contributed by atoms with Gasteiger partial charge in [0.1, 0.15) is 0 Å². The van der Waals surface area contributed by atoms with Gasteiger partial charge in [0.2, 0.25) is 0 Å². The maximum atomic E-state index is 12.6. The maximum absolute atomic E-state index is 12.6. The summed E-state index contributed by atoms with van der Waals surface area (Å²) in [6, 6.07) is 4.17. The first-order valence-corrected chi connectivity index (χ1v) is 8.92. The third-order valence-corrected chi connectivity index (χ3v) is 5.07. The zero-order chi connectivity index (χ0) is 16.1. The summed E-state index contributed by atoms with van der Waals surface area (Å²) in [4.78, 5) is 0. The van der Waals surface area contributed by atoms with Gasteiger partial charge in [-0.3, -0.25) is 9.61 Å². The second kappa shape index (κ2) is 5.03. The van der Waals surface area contributed by atoms with E-state index in [2.05, 4.69) is 52.7 Å². The van der Waals surface area contributed by atoms with Crippen molar-refractivity contribution < 1.29 is 13.6 Å². The van der Waals surface area contributed by atoms with Crippen LogP contribution in [0.15, 0.2) is 12.1 Å². The minimum absolute atomic E-state index is 0.00883. The van der Waals surface area contributed by atoms with Crippen molar-refractivity contribution in [1.82, 2.24) is 0 Å². The second-order valence-electron chi connectivity index (χ2n) is 7.52. The van der Waals surface area contributed by atoms with Gasteiger partial charge >= 0.3 is 7.75 Å². The quantitative estimate of drug-likeness (QED) is 0.760. The fraction of sp³-hybridized carbons (Fsp3) is 0.625. The van der Waals surface area contributed by atoms with E-state index in [0.717, 1.165) is 11.3 Å². The third-order valence-electron chi connectivity index (χ3n) is 3.53. The molecule has 1 aliphatic heterocycles. The lowest BCUT2D eigenvalue weighted by molar-refractivity contribution is 0.288. The van der Waals surface area contributed by atoms with Crippen LogP contribution in [0, 0.1) is 0 Å². The van der Waals surface area contributed by atoms with Gasteiger partial charge in [-0.15, -0.1) is 0 Å². The topological polar surface area (TPSA) is 47.6 Å². The minimum atomic E-state index is -3.27. The van der Waals surface area contributed by atoms with Crippen LogP contribution in [0.3, 0.4) is 0 Å². The average molecular weight is 311 g/mol. The highest BCUT2D eigenvalue weighted by atomic mass is 31.2. The molecule has 4 nitrogen and oxygen atoms in total. The normalized spacial score (nSPS) is 21.7. The van der Waals surface area contributed by atoms with Gasteiger partial charge in [0.15, 0.2) is 5.75 Å². The van der Waals surface area contributed by atoms with Crippen LogP contribution in [-0.2, 0) is 19.9 Å². The summed E-state index contributed by atoms with van der Waals surface area (Å²) in [5.74, 6) is 0.660. The van der Waals surface area contributed by atoms with Gasteiger partial charge in [-0.2, -0.15) is 0 Å². The van der Waals surface area contributed by atoms with E-state index in [9.17, 15) is 4.57 Å². The summed E-state index contributed by atoms with van der Waals surface area (Å²) in [7, 11) is -3.27. The first-order chi connectivity index (χ1) is 9.46. The molecule has 0 spiro atoms. The number of hydrogen-bond acceptors (Lipinski definition) is 3. The van der Waals surface area contributed by atoms with Crippen LogP contribution < -0.4 is 9.61 Å². The van der Waals surface area contributed by atoms with Crippen LogP contribution in [0.25, 0.3) is 0 Å². The van der Waals surface area contributed by atoms with Crippen LogP contribution in [0.4, 0.5) is 5.69 Å². The van der Waals surface area contributed by atoms with Gasteiger partial charge in [0.05, 0.1) is 12.3 Å². The molecular weight excluding hydrogens is 285 g/mol. The Bertz CT molecular complexity index is 597. The van der Waals surface area contributed by atoms with E-state index in [4.69, 9.17) is 9.05 Å². The molecule has 21 heavy (non-hydrogen) atoms. The van der Waals surface area contributed by atoms with E-state index in [1.54, 1.807) is 6.92 Å². The average Bonchev–Trinajstić information content (AvgIpc) is 2.61. The monoisotopic (exact) mass is 311 g/mol. The van der Waals surface area contributed by atoms with Crippen molar-refractivity contribution in [1.29, 1.82) is 0 Å². The van der Waals surface area contributed by atoms with E-state index in [-0.39, 0.29) is 10.8 Å². The first-order valence-electron chi connectivity index (χ1n) is 7.38. The smallest absolute Gasteiger partial charge is 0.407 e. The van der Waals surface area contributed by atoms with Crippen LogP contribution >= 0.6 is 7.75 Å². The minimum Gasteiger partial charge on any atom is -0.407 e. The molecule has 0 aromatic heterocycles. The Morgan fingerprint density at radius 2 is 1.76 bits per heavy atom. The molecule has 5 heteroatoms. The van der Waals surface area contributed by atoms with Crippen molar-refractivity contribution in [3.8, 4) is 5.75 Å². The molecule has 1 aromatic carbocycles. The zero-order valence-electron chi connectivity index (χ0n) is 14.0. The Kier molecular flexibility index (Phi) is 3.92. The van der Waals surface area contributed by atoms with E-state index < -0.39 is 7.75 Å². The van der Waals surface area contributed by atoms with Crippen LogP contribution in [0.5, 0.6) is 5.75 Å². The predicted octanol–water partition coefficient (Wildman–Crippen LogP) is 5.23. The van der Waals surface area contributed by atoms with Gasteiger partial charge in [0.25, 0.3) is 0 Å². The molecule has 1 atom stereocenters. The van der Waals surface area contributed by atoms with E-state index in [0.29, 0.717) is 12.4 Å². The predicted molar refractivity (Wildman–Crippen MR) is 87.3 cm³/mol. The van der Waals surface area contributed by atoms with Crippen molar-refractivity contribution in [2.75, 3.05) is 11.7 Å². The van der Waals surface area contributed by atoms with Gasteiger partial charge in [0, 0.05) is 5.56 Å². The molecule has 1 aromatic rings. The Morgan fingerprint density at radius 3 is 2.24 bits per heavy atom. The van der Waals surface area contributed by atoms with Crippen molar-refractivity contribution >= 4 is 13.4 Å². The molecule has 2 rings (SSSR count). The summed E-state index contributed by atoms with van der Waals surface area (Å²) in [5.41, 5.74) is 2.91. The van der Waals surface area contributed by atoms with E-state index in [1.807, 2.05) is 6.07 Å². The lowest BCUT2D eigenvalue weighted by Gasteiger charge is -2.26. The number of benzene rings is 1. The largest absolute Gasteiger partial charge is 0.486 e. The fourth-order valence-corrected chi connectivity index (χ4v) is 3.72. The molecule has 0 radical (unpaired) electrons. The van der Waals surface area contributed by atoms with E-state index in [1.165, 1.54) is 5.56 Å². The summed E-state index contributed by atoms with van der Waals surface area (Å²) in [5, 5.41) is 2.95. The van der Waals surface area contributed by atoms with Crippen LogP contribution in [-0.4, -0.2) is 6.61 Å². The number of rotatable bonds is 2. The van der Waals surface area contributed by atoms with Gasteiger partial charge in [-0.25, -0.2) is 4.57 Å². The third kappa shape index (κ3) is 3.27. The summed E-state index contributed by atoms with van der Waals surface area (Å²) in [6.45, 7) is 15.0. The molecule has 0 bridgehead atoms. The Morgan fingerprint density at radius 1 is 1.14 bits per heavy atom. The Balaban J connectivity index is 2.59. The standard InChI is InChI=1S/C16H26NO3P/c1-8-19-21(18)17-13-10-11(15(2,3)4)9-12(14(13)20-21)16(5,6)7/h9-10H,8H2,1-7H3,(H,17,18). The molecular formula is C16H26NO3P. The molecule has 1 heterocycles. The Labute approximate surface area is 127 Å². The molecule has 1 N–H and O–H groups in total. The second-order valence-corrected chi connectivity index (χ2v) is 9.18. The molecule has 0 saturated carbocycles. The summed E-state index contributed by atoms with van der Waals surface area (Å²) < 4.78 is 23.5. The highest BCUT2D eigenvalue weighted by Gasteiger charge is 2.39. The number of anilines is 1. The molecule has 0 aliphatic carbocycles. The van der Waals surface area contributed by atoms with Gasteiger partial charge < -0.3 is 4.52 Å². The highest BCUT2D eigenvalue weighted by molar-refractivity contribution is 7.56. The van der Waals surface area contributed by atoms with Crippen LogP contribution in [0.2, 0.25) is 0 Å². The first kappa shape index (κ1) is 16.4. The molecule has 0 amide bonds. The van der Waals surface area contributed by atoms with Gasteiger partial charge in [-0.05, 0) is 29.4 Å². The Hall–Kier alpha value is -0.990. The molecule has 0 fully saturated rings. The molecule has 1 unspecified atom stereocenters.